The monoisotopic (exact) mass is 460 g/mol. The Morgan fingerprint density at radius 2 is 1.83 bits per heavy atom. The van der Waals surface area contributed by atoms with Crippen LogP contribution in [-0.2, 0) is 23.9 Å². The number of carbonyl (C=O) groups excluding carboxylic acids is 4. The fraction of sp³-hybridized carbons (Fsp3) is 0.333. The number of fused-ring (bicyclic) bond motifs is 1. The van der Waals surface area contributed by atoms with Crippen LogP contribution in [0.15, 0.2) is 41.6 Å². The third-order valence-electron chi connectivity index (χ3n) is 4.32. The van der Waals surface area contributed by atoms with Gasteiger partial charge < -0.3 is 14.8 Å². The van der Waals surface area contributed by atoms with E-state index < -0.39 is 46.1 Å². The van der Waals surface area contributed by atoms with Crippen molar-refractivity contribution in [3.05, 3.63) is 41.6 Å². The number of esters is 1. The summed E-state index contributed by atoms with van der Waals surface area (Å²) in [4.78, 5) is 50.3. The lowest BCUT2D eigenvalue weighted by molar-refractivity contribution is -0.156. The molecule has 1 aromatic rings. The van der Waals surface area contributed by atoms with Crippen molar-refractivity contribution in [2.45, 2.75) is 22.8 Å². The van der Waals surface area contributed by atoms with E-state index in [4.69, 9.17) is 44.3 Å². The van der Waals surface area contributed by atoms with Gasteiger partial charge in [-0.3, -0.25) is 19.3 Å². The first-order valence-electron chi connectivity index (χ1n) is 8.39. The van der Waals surface area contributed by atoms with Crippen molar-refractivity contribution in [1.29, 1.82) is 0 Å². The fourth-order valence-corrected chi connectivity index (χ4v) is 3.18. The van der Waals surface area contributed by atoms with Gasteiger partial charge in [0, 0.05) is 5.57 Å². The number of ketones is 1. The Kier molecular flexibility index (Phi) is 6.07. The lowest BCUT2D eigenvalue weighted by Gasteiger charge is -2.42. The Morgan fingerprint density at radius 1 is 1.17 bits per heavy atom. The number of amides is 2. The summed E-state index contributed by atoms with van der Waals surface area (Å²) in [7, 11) is 0. The molecule has 2 aliphatic heterocycles. The van der Waals surface area contributed by atoms with Gasteiger partial charge in [0.1, 0.15) is 30.1 Å². The quantitative estimate of drug-likeness (QED) is 0.392. The van der Waals surface area contributed by atoms with Crippen molar-refractivity contribution < 1.29 is 28.7 Å². The summed E-state index contributed by atoms with van der Waals surface area (Å²) in [6, 6.07) is 6.52. The Morgan fingerprint density at radius 3 is 2.45 bits per heavy atom. The molecular formula is C18H15Cl3N2O6. The Hall–Kier alpha value is -2.29. The molecule has 0 spiro atoms. The Balaban J connectivity index is 1.61. The highest BCUT2D eigenvalue weighted by Gasteiger charge is 2.60. The average Bonchev–Trinajstić information content (AvgIpc) is 2.91. The van der Waals surface area contributed by atoms with Gasteiger partial charge in [0.15, 0.2) is 12.4 Å². The van der Waals surface area contributed by atoms with Crippen molar-refractivity contribution in [2.75, 3.05) is 13.2 Å². The molecule has 1 fully saturated rings. The number of alkyl halides is 3. The van der Waals surface area contributed by atoms with Crippen LogP contribution in [0.2, 0.25) is 0 Å². The van der Waals surface area contributed by atoms with Gasteiger partial charge in [0.25, 0.3) is 11.8 Å². The molecule has 1 aromatic carbocycles. The van der Waals surface area contributed by atoms with Crippen LogP contribution < -0.4 is 10.1 Å². The predicted molar refractivity (Wildman–Crippen MR) is 103 cm³/mol. The van der Waals surface area contributed by atoms with E-state index in [9.17, 15) is 19.2 Å². The van der Waals surface area contributed by atoms with E-state index in [1.54, 1.807) is 30.3 Å². The summed E-state index contributed by atoms with van der Waals surface area (Å²) >= 11 is 16.6. The van der Waals surface area contributed by atoms with Gasteiger partial charge >= 0.3 is 5.97 Å². The number of β-lactam (4-membered cyclic amide) rings is 1. The molecule has 154 valence electrons. The minimum absolute atomic E-state index is 0.0370. The lowest BCUT2D eigenvalue weighted by Crippen LogP contribution is -2.71. The van der Waals surface area contributed by atoms with Crippen molar-refractivity contribution in [2.24, 2.45) is 0 Å². The Labute approximate surface area is 180 Å². The summed E-state index contributed by atoms with van der Waals surface area (Å²) in [5.41, 5.74) is -0.180. The topological polar surface area (TPSA) is 102 Å². The molecule has 8 nitrogen and oxygen atoms in total. The van der Waals surface area contributed by atoms with Crippen LogP contribution in [0.25, 0.3) is 0 Å². The molecule has 1 N–H and O–H groups in total. The Bertz CT molecular complexity index is 897. The minimum Gasteiger partial charge on any atom is -0.484 e. The number of Topliss-reactive ketones (excluding diaryl/α,β-unsaturated/α-hetero) is 1. The van der Waals surface area contributed by atoms with E-state index in [0.29, 0.717) is 5.75 Å². The SMILES string of the molecule is CC1=C(C(=O)OCC(Cl)(Cl)Cl)N2C(=O)C(NC(=O)COc3ccccc3)[C@H]2C1=O. The van der Waals surface area contributed by atoms with E-state index >= 15 is 0 Å². The first kappa shape index (κ1) is 21.4. The number of carbonyl (C=O) groups is 4. The molecule has 1 saturated heterocycles. The average molecular weight is 462 g/mol. The molecule has 0 bridgehead atoms. The van der Waals surface area contributed by atoms with Crippen molar-refractivity contribution >= 4 is 58.4 Å². The zero-order chi connectivity index (χ0) is 21.3. The van der Waals surface area contributed by atoms with Crippen LogP contribution in [-0.4, -0.2) is 57.6 Å². The number of hydrogen-bond acceptors (Lipinski definition) is 6. The highest BCUT2D eigenvalue weighted by atomic mass is 35.6. The van der Waals surface area contributed by atoms with Crippen LogP contribution in [0.5, 0.6) is 5.75 Å². The number of nitrogens with one attached hydrogen (secondary N) is 1. The van der Waals surface area contributed by atoms with Crippen LogP contribution in [0.3, 0.4) is 0 Å². The van der Waals surface area contributed by atoms with Gasteiger partial charge in [-0.1, -0.05) is 53.0 Å². The predicted octanol–water partition coefficient (Wildman–Crippen LogP) is 1.53. The highest BCUT2D eigenvalue weighted by molar-refractivity contribution is 6.67. The van der Waals surface area contributed by atoms with Gasteiger partial charge in [-0.25, -0.2) is 4.79 Å². The summed E-state index contributed by atoms with van der Waals surface area (Å²) in [6.07, 6.45) is 0. The number of para-hydroxylation sites is 1. The van der Waals surface area contributed by atoms with Crippen LogP contribution >= 0.6 is 34.8 Å². The maximum Gasteiger partial charge on any atom is 0.355 e. The maximum absolute atomic E-state index is 12.5. The molecule has 0 aliphatic carbocycles. The standard InChI is InChI=1S/C18H15Cl3N2O6/c1-9-13(17(27)29-8-18(19,20)21)23-14(15(9)25)12(16(23)26)22-11(24)7-28-10-5-3-2-4-6-10/h2-6,12,14H,7-8H2,1H3,(H,22,24)/t12?,14-/m0/s1. The van der Waals surface area contributed by atoms with Gasteiger partial charge in [-0.2, -0.15) is 0 Å². The van der Waals surface area contributed by atoms with Crippen LogP contribution in [0.1, 0.15) is 6.92 Å². The number of ether oxygens (including phenoxy) is 2. The van der Waals surface area contributed by atoms with E-state index in [2.05, 4.69) is 5.32 Å². The molecule has 0 saturated carbocycles. The normalized spacial score (nSPS) is 20.9. The van der Waals surface area contributed by atoms with E-state index in [-0.39, 0.29) is 17.9 Å². The molecular weight excluding hydrogens is 447 g/mol. The number of nitrogens with zero attached hydrogens (tertiary/aromatic N) is 1. The van der Waals surface area contributed by atoms with E-state index in [1.807, 2.05) is 0 Å². The summed E-state index contributed by atoms with van der Waals surface area (Å²) in [5, 5.41) is 2.46. The van der Waals surface area contributed by atoms with Crippen molar-refractivity contribution in [1.82, 2.24) is 10.2 Å². The first-order valence-corrected chi connectivity index (χ1v) is 9.53. The second kappa shape index (κ2) is 8.22. The third-order valence-corrected chi connectivity index (χ3v) is 4.65. The van der Waals surface area contributed by atoms with Gasteiger partial charge in [0.05, 0.1) is 0 Å². The van der Waals surface area contributed by atoms with Gasteiger partial charge in [-0.15, -0.1) is 0 Å². The molecule has 2 amide bonds. The molecule has 0 aromatic heterocycles. The molecule has 29 heavy (non-hydrogen) atoms. The van der Waals surface area contributed by atoms with Crippen LogP contribution in [0.4, 0.5) is 0 Å². The molecule has 2 heterocycles. The lowest BCUT2D eigenvalue weighted by atomic mass is 9.93. The molecule has 3 rings (SSSR count). The molecule has 2 atom stereocenters. The summed E-state index contributed by atoms with van der Waals surface area (Å²) in [6.45, 7) is 0.502. The second-order valence-electron chi connectivity index (χ2n) is 6.33. The summed E-state index contributed by atoms with van der Waals surface area (Å²) < 4.78 is 8.35. The molecule has 2 aliphatic rings. The minimum atomic E-state index is -1.83. The zero-order valence-corrected chi connectivity index (χ0v) is 17.3. The molecule has 1 unspecified atom stereocenters. The van der Waals surface area contributed by atoms with Crippen LogP contribution in [0, 0.1) is 0 Å². The number of halogens is 3. The molecule has 0 radical (unpaired) electrons. The van der Waals surface area contributed by atoms with Crippen molar-refractivity contribution in [3.63, 3.8) is 0 Å². The molecule has 11 heteroatoms. The number of benzene rings is 1. The smallest absolute Gasteiger partial charge is 0.355 e. The number of rotatable bonds is 6. The third kappa shape index (κ3) is 4.49. The van der Waals surface area contributed by atoms with Gasteiger partial charge in [0.2, 0.25) is 3.79 Å². The highest BCUT2D eigenvalue weighted by Crippen LogP contribution is 2.37. The first-order chi connectivity index (χ1) is 13.6. The maximum atomic E-state index is 12.5. The fourth-order valence-electron chi connectivity index (χ4n) is 3.01. The second-order valence-corrected chi connectivity index (χ2v) is 8.85. The zero-order valence-electron chi connectivity index (χ0n) is 15.0. The van der Waals surface area contributed by atoms with E-state index in [0.717, 1.165) is 4.90 Å². The largest absolute Gasteiger partial charge is 0.484 e. The van der Waals surface area contributed by atoms with E-state index in [1.165, 1.54) is 6.92 Å². The van der Waals surface area contributed by atoms with Gasteiger partial charge in [-0.05, 0) is 19.1 Å². The summed E-state index contributed by atoms with van der Waals surface area (Å²) in [5.74, 6) is -2.15. The van der Waals surface area contributed by atoms with Crippen molar-refractivity contribution in [3.8, 4) is 5.75 Å². The number of hydrogen-bond donors (Lipinski definition) is 1.